The monoisotopic (exact) mass is 305 g/mol. The largest absolute Gasteiger partial charge is 0.351 e. The van der Waals surface area contributed by atoms with Gasteiger partial charge in [-0.1, -0.05) is 45.4 Å². The molecule has 2 N–H and O–H groups in total. The maximum atomic E-state index is 11.8. The van der Waals surface area contributed by atoms with Crippen LogP contribution in [0.1, 0.15) is 40.0 Å². The van der Waals surface area contributed by atoms with E-state index < -0.39 is 6.41 Å². The summed E-state index contributed by atoms with van der Waals surface area (Å²) in [6, 6.07) is 8.33. The first-order chi connectivity index (χ1) is 10.5. The average Bonchev–Trinajstić information content (AvgIpc) is 2.64. The van der Waals surface area contributed by atoms with Crippen LogP contribution in [0, 0.1) is 17.8 Å². The lowest BCUT2D eigenvalue weighted by Gasteiger charge is -2.38. The van der Waals surface area contributed by atoms with Gasteiger partial charge in [0.15, 0.2) is 0 Å². The number of nitrogens with one attached hydrogen (secondary N) is 1. The molecule has 1 aliphatic rings. The zero-order valence-electron chi connectivity index (χ0n) is 13.7. The Kier molecular flexibility index (Phi) is 5.98. The fraction of sp³-hybridized carbons (Fsp3) is 0.611. The van der Waals surface area contributed by atoms with Crippen molar-refractivity contribution in [3.05, 3.63) is 40.6 Å². The predicted molar refractivity (Wildman–Crippen MR) is 88.6 cm³/mol. The minimum absolute atomic E-state index is 0.0267. The lowest BCUT2D eigenvalue weighted by molar-refractivity contribution is -0.154. The van der Waals surface area contributed by atoms with Crippen molar-refractivity contribution in [2.45, 2.75) is 52.6 Å². The maximum absolute atomic E-state index is 11.8. The fourth-order valence-corrected chi connectivity index (χ4v) is 3.25. The van der Waals surface area contributed by atoms with Gasteiger partial charge in [-0.25, -0.2) is 0 Å². The summed E-state index contributed by atoms with van der Waals surface area (Å²) in [6.07, 6.45) is 2.16. The molecule has 0 radical (unpaired) electrons. The molecule has 0 amide bonds. The number of anilines is 1. The molecule has 4 heteroatoms. The van der Waals surface area contributed by atoms with E-state index in [1.54, 1.807) is 24.3 Å². The second-order valence-electron chi connectivity index (χ2n) is 6.69. The van der Waals surface area contributed by atoms with E-state index in [4.69, 9.17) is 4.74 Å². The zero-order valence-corrected chi connectivity index (χ0v) is 13.7. The summed E-state index contributed by atoms with van der Waals surface area (Å²) in [7, 11) is 0. The zero-order chi connectivity index (χ0) is 16.1. The Bertz CT molecular complexity index is 532. The summed E-state index contributed by atoms with van der Waals surface area (Å²) >= 11 is 0. The van der Waals surface area contributed by atoms with E-state index in [0.29, 0.717) is 23.4 Å². The van der Waals surface area contributed by atoms with E-state index in [0.717, 1.165) is 12.8 Å². The van der Waals surface area contributed by atoms with E-state index in [2.05, 4.69) is 26.1 Å². The summed E-state index contributed by atoms with van der Waals surface area (Å²) in [5, 5.41) is 12.9. The number of ether oxygens (including phenoxy) is 1. The first-order valence-electron chi connectivity index (χ1n) is 8.16. The van der Waals surface area contributed by atoms with Gasteiger partial charge in [-0.3, -0.25) is 4.79 Å². The lowest BCUT2D eigenvalue weighted by Crippen LogP contribution is -2.39. The summed E-state index contributed by atoms with van der Waals surface area (Å²) in [4.78, 5) is 11.8. The lowest BCUT2D eigenvalue weighted by atomic mass is 9.75. The van der Waals surface area contributed by atoms with E-state index in [1.807, 2.05) is 0 Å². The second-order valence-corrected chi connectivity index (χ2v) is 6.69. The minimum atomic E-state index is -1.16. The normalized spacial score (nSPS) is 26.7. The van der Waals surface area contributed by atoms with Crippen LogP contribution >= 0.6 is 0 Å². The fourth-order valence-electron chi connectivity index (χ4n) is 3.25. The smallest absolute Gasteiger partial charge is 0.235 e. The molecule has 0 bridgehead atoms. The van der Waals surface area contributed by atoms with Crippen molar-refractivity contribution in [2.24, 2.45) is 17.8 Å². The molecular weight excluding hydrogens is 278 g/mol. The maximum Gasteiger partial charge on any atom is 0.235 e. The van der Waals surface area contributed by atoms with Crippen molar-refractivity contribution < 1.29 is 9.84 Å². The third kappa shape index (κ3) is 4.55. The van der Waals surface area contributed by atoms with Gasteiger partial charge in [-0.15, -0.1) is 0 Å². The van der Waals surface area contributed by atoms with Gasteiger partial charge in [0.25, 0.3) is 0 Å². The van der Waals surface area contributed by atoms with Crippen molar-refractivity contribution in [1.82, 2.24) is 0 Å². The van der Waals surface area contributed by atoms with Crippen molar-refractivity contribution >= 4 is 5.69 Å². The van der Waals surface area contributed by atoms with Crippen LogP contribution in [0.4, 0.5) is 5.69 Å². The third-order valence-electron chi connectivity index (χ3n) is 4.54. The van der Waals surface area contributed by atoms with Crippen molar-refractivity contribution in [2.75, 3.05) is 5.32 Å². The van der Waals surface area contributed by atoms with Gasteiger partial charge in [0.1, 0.15) is 0 Å². The molecule has 1 aromatic carbocycles. The minimum Gasteiger partial charge on any atom is -0.351 e. The summed E-state index contributed by atoms with van der Waals surface area (Å²) in [5.74, 6) is 1.58. The molecule has 1 fully saturated rings. The Balaban J connectivity index is 2.02. The van der Waals surface area contributed by atoms with Gasteiger partial charge in [0, 0.05) is 0 Å². The van der Waals surface area contributed by atoms with Crippen molar-refractivity contribution in [3.63, 3.8) is 0 Å². The highest BCUT2D eigenvalue weighted by Gasteiger charge is 2.32. The van der Waals surface area contributed by atoms with E-state index in [-0.39, 0.29) is 11.5 Å². The van der Waals surface area contributed by atoms with Crippen LogP contribution in [0.5, 0.6) is 0 Å². The molecule has 22 heavy (non-hydrogen) atoms. The van der Waals surface area contributed by atoms with Gasteiger partial charge in [-0.2, -0.15) is 0 Å². The molecule has 0 spiro atoms. The highest BCUT2D eigenvalue weighted by Crippen LogP contribution is 2.35. The number of rotatable bonds is 5. The van der Waals surface area contributed by atoms with E-state index in [9.17, 15) is 9.90 Å². The summed E-state index contributed by atoms with van der Waals surface area (Å²) < 4.78 is 5.83. The Morgan fingerprint density at radius 1 is 1.23 bits per heavy atom. The van der Waals surface area contributed by atoms with Crippen LogP contribution in [0.2, 0.25) is 0 Å². The number of hydrogen-bond donors (Lipinski definition) is 2. The Morgan fingerprint density at radius 3 is 2.68 bits per heavy atom. The van der Waals surface area contributed by atoms with Crippen molar-refractivity contribution in [3.8, 4) is 0 Å². The Hall–Kier alpha value is -1.39. The average molecular weight is 305 g/mol. The topological polar surface area (TPSA) is 58.6 Å². The van der Waals surface area contributed by atoms with E-state index in [1.165, 1.54) is 12.5 Å². The van der Waals surface area contributed by atoms with Gasteiger partial charge >= 0.3 is 0 Å². The van der Waals surface area contributed by atoms with Crippen LogP contribution in [-0.2, 0) is 4.74 Å². The van der Waals surface area contributed by atoms with E-state index >= 15 is 0 Å². The second kappa shape index (κ2) is 7.75. The quantitative estimate of drug-likeness (QED) is 0.820. The summed E-state index contributed by atoms with van der Waals surface area (Å²) in [5.41, 5.74) is 0.188. The molecule has 2 rings (SSSR count). The molecule has 122 valence electrons. The Labute approximate surface area is 132 Å². The SMILES string of the molecule is CC1CCC(C(C)C)C(OC(O)Nc2cccccc2=O)C1. The van der Waals surface area contributed by atoms with Crippen LogP contribution in [-0.4, -0.2) is 17.6 Å². The first-order valence-corrected chi connectivity index (χ1v) is 8.16. The highest BCUT2D eigenvalue weighted by molar-refractivity contribution is 5.41. The molecule has 4 atom stereocenters. The van der Waals surface area contributed by atoms with Gasteiger partial charge in [0.05, 0.1) is 11.8 Å². The molecule has 0 saturated heterocycles. The number of hydrogen-bond acceptors (Lipinski definition) is 4. The van der Waals surface area contributed by atoms with Crippen LogP contribution in [0.15, 0.2) is 35.1 Å². The third-order valence-corrected chi connectivity index (χ3v) is 4.54. The first kappa shape index (κ1) is 17.0. The number of aliphatic hydroxyl groups is 1. The van der Waals surface area contributed by atoms with Gasteiger partial charge in [-0.05, 0) is 42.7 Å². The van der Waals surface area contributed by atoms with Crippen LogP contribution in [0.3, 0.4) is 0 Å². The standard InChI is InChI=1S/C18H27NO3/c1-12(2)14-10-9-13(3)11-17(14)22-18(21)19-15-7-5-4-6-8-16(15)20/h4-8,12-14,17-18,21H,9-11H2,1-3H3,(H,19,20). The van der Waals surface area contributed by atoms with Crippen LogP contribution < -0.4 is 10.7 Å². The molecule has 4 unspecified atom stereocenters. The van der Waals surface area contributed by atoms with Crippen LogP contribution in [0.25, 0.3) is 0 Å². The molecule has 0 aliphatic heterocycles. The molecular formula is C18H27NO3. The van der Waals surface area contributed by atoms with Gasteiger partial charge < -0.3 is 15.2 Å². The Morgan fingerprint density at radius 2 is 1.95 bits per heavy atom. The number of aliphatic hydroxyl groups excluding tert-OH is 1. The molecule has 4 nitrogen and oxygen atoms in total. The molecule has 1 saturated carbocycles. The summed E-state index contributed by atoms with van der Waals surface area (Å²) in [6.45, 7) is 6.62. The molecule has 1 aliphatic carbocycles. The molecule has 0 aromatic heterocycles. The van der Waals surface area contributed by atoms with Crippen molar-refractivity contribution in [1.29, 1.82) is 0 Å². The highest BCUT2D eigenvalue weighted by atomic mass is 16.6. The molecule has 1 aromatic rings. The molecule has 0 heterocycles. The predicted octanol–water partition coefficient (Wildman–Crippen LogP) is 3.21. The van der Waals surface area contributed by atoms with Gasteiger partial charge in [0.2, 0.25) is 11.8 Å².